The van der Waals surface area contributed by atoms with E-state index in [9.17, 15) is 9.59 Å². The maximum absolute atomic E-state index is 12.3. The fourth-order valence-corrected chi connectivity index (χ4v) is 4.54. The molecule has 2 N–H and O–H groups in total. The van der Waals surface area contributed by atoms with Crippen LogP contribution in [-0.2, 0) is 9.59 Å². The van der Waals surface area contributed by atoms with E-state index >= 15 is 0 Å². The first-order chi connectivity index (χ1) is 16.4. The van der Waals surface area contributed by atoms with Crippen LogP contribution < -0.4 is 15.4 Å². The van der Waals surface area contributed by atoms with E-state index in [1.807, 2.05) is 30.3 Å². The number of amidine groups is 1. The fraction of sp³-hybridized carbons (Fsp3) is 0.0417. The lowest BCUT2D eigenvalue weighted by molar-refractivity contribution is -0.118. The number of ether oxygens (including phenoxy) is 1. The van der Waals surface area contributed by atoms with Gasteiger partial charge in [-0.3, -0.25) is 9.59 Å². The number of thioether (sulfide) groups is 1. The third kappa shape index (κ3) is 6.42. The highest BCUT2D eigenvalue weighted by Crippen LogP contribution is 2.31. The Morgan fingerprint density at radius 3 is 2.62 bits per heavy atom. The van der Waals surface area contributed by atoms with Crippen LogP contribution in [-0.4, -0.2) is 23.6 Å². The van der Waals surface area contributed by atoms with E-state index in [0.29, 0.717) is 36.0 Å². The van der Waals surface area contributed by atoms with Gasteiger partial charge in [-0.15, -0.1) is 0 Å². The number of halogens is 3. The molecule has 0 saturated carbocycles. The zero-order valence-electron chi connectivity index (χ0n) is 17.3. The summed E-state index contributed by atoms with van der Waals surface area (Å²) in [6.07, 6.45) is 1.76. The van der Waals surface area contributed by atoms with Crippen LogP contribution in [0.2, 0.25) is 10.0 Å². The highest BCUT2D eigenvalue weighted by Gasteiger charge is 2.23. The van der Waals surface area contributed by atoms with Crippen LogP contribution in [0.25, 0.3) is 6.08 Å². The van der Waals surface area contributed by atoms with Crippen molar-refractivity contribution in [1.82, 2.24) is 5.32 Å². The number of aliphatic imine (C=N–C) groups is 1. The summed E-state index contributed by atoms with van der Waals surface area (Å²) in [6, 6.07) is 19.5. The summed E-state index contributed by atoms with van der Waals surface area (Å²) in [5.41, 5.74) is 2.07. The Kier molecular flexibility index (Phi) is 7.95. The average Bonchev–Trinajstić information content (AvgIpc) is 3.14. The molecule has 172 valence electrons. The van der Waals surface area contributed by atoms with Crippen molar-refractivity contribution in [3.05, 3.63) is 91.7 Å². The normalized spacial score (nSPS) is 15.4. The van der Waals surface area contributed by atoms with E-state index in [1.54, 1.807) is 42.5 Å². The number of carbonyl (C=O) groups is 2. The second kappa shape index (κ2) is 11.1. The van der Waals surface area contributed by atoms with Gasteiger partial charge in [-0.2, -0.15) is 0 Å². The second-order valence-corrected chi connectivity index (χ2v) is 9.67. The summed E-state index contributed by atoms with van der Waals surface area (Å²) in [5.74, 6) is -0.0721. The van der Waals surface area contributed by atoms with Crippen molar-refractivity contribution in [3.63, 3.8) is 0 Å². The number of nitrogens with one attached hydrogen (secondary N) is 2. The third-order valence-electron chi connectivity index (χ3n) is 4.45. The molecule has 4 rings (SSSR count). The van der Waals surface area contributed by atoms with Gasteiger partial charge in [-0.05, 0) is 81.8 Å². The zero-order chi connectivity index (χ0) is 24.1. The SMILES string of the molecule is O=C(COc1ccc(/C=C2/SC(=Nc3ccccc3)NC2=O)cc1Br)Nc1ccc(Cl)c(Cl)c1. The van der Waals surface area contributed by atoms with Gasteiger partial charge in [0.05, 0.1) is 25.1 Å². The van der Waals surface area contributed by atoms with Gasteiger partial charge in [0.2, 0.25) is 0 Å². The summed E-state index contributed by atoms with van der Waals surface area (Å²) in [5, 5.41) is 6.74. The number of rotatable bonds is 6. The molecule has 0 radical (unpaired) electrons. The highest BCUT2D eigenvalue weighted by molar-refractivity contribution is 9.10. The van der Waals surface area contributed by atoms with Crippen LogP contribution in [0.4, 0.5) is 11.4 Å². The van der Waals surface area contributed by atoms with E-state index < -0.39 is 0 Å². The molecule has 1 fully saturated rings. The predicted octanol–water partition coefficient (Wildman–Crippen LogP) is 6.67. The molecule has 3 aromatic rings. The van der Waals surface area contributed by atoms with Crippen molar-refractivity contribution in [2.45, 2.75) is 0 Å². The first kappa shape index (κ1) is 24.3. The molecular weight excluding hydrogens is 561 g/mol. The Morgan fingerprint density at radius 2 is 1.88 bits per heavy atom. The van der Waals surface area contributed by atoms with Crippen LogP contribution in [0.3, 0.4) is 0 Å². The number of amides is 2. The Hall–Kier alpha value is -2.78. The van der Waals surface area contributed by atoms with E-state index in [-0.39, 0.29) is 18.4 Å². The minimum Gasteiger partial charge on any atom is -0.483 e. The predicted molar refractivity (Wildman–Crippen MR) is 142 cm³/mol. The lowest BCUT2D eigenvalue weighted by Crippen LogP contribution is -2.20. The van der Waals surface area contributed by atoms with Gasteiger partial charge in [0, 0.05) is 5.69 Å². The molecule has 10 heteroatoms. The maximum Gasteiger partial charge on any atom is 0.264 e. The fourth-order valence-electron chi connectivity index (χ4n) is 2.89. The first-order valence-corrected chi connectivity index (χ1v) is 12.3. The Bertz CT molecular complexity index is 1320. The lowest BCUT2D eigenvalue weighted by atomic mass is 10.2. The molecule has 0 bridgehead atoms. The number of benzene rings is 3. The summed E-state index contributed by atoms with van der Waals surface area (Å²) in [7, 11) is 0. The molecule has 1 aliphatic heterocycles. The molecule has 0 unspecified atom stereocenters. The molecule has 1 aliphatic rings. The molecule has 0 atom stereocenters. The number of anilines is 1. The Morgan fingerprint density at radius 1 is 1.09 bits per heavy atom. The summed E-state index contributed by atoms with van der Waals surface area (Å²) in [6.45, 7) is -0.198. The Balaban J connectivity index is 1.37. The molecule has 34 heavy (non-hydrogen) atoms. The van der Waals surface area contributed by atoms with Gasteiger partial charge in [-0.1, -0.05) is 47.5 Å². The quantitative estimate of drug-likeness (QED) is 0.321. The van der Waals surface area contributed by atoms with E-state index in [1.165, 1.54) is 11.8 Å². The summed E-state index contributed by atoms with van der Waals surface area (Å²) in [4.78, 5) is 29.5. The monoisotopic (exact) mass is 575 g/mol. The van der Waals surface area contributed by atoms with Gasteiger partial charge >= 0.3 is 0 Å². The molecule has 1 heterocycles. The first-order valence-electron chi connectivity index (χ1n) is 9.89. The number of hydrogen-bond acceptors (Lipinski definition) is 5. The third-order valence-corrected chi connectivity index (χ3v) is 6.72. The van der Waals surface area contributed by atoms with Crippen LogP contribution >= 0.6 is 50.9 Å². The van der Waals surface area contributed by atoms with Gasteiger partial charge in [0.15, 0.2) is 11.8 Å². The van der Waals surface area contributed by atoms with E-state index in [0.717, 1.165) is 11.3 Å². The molecule has 0 aliphatic carbocycles. The standard InChI is InChI=1S/C24H16BrCl2N3O3S/c25-17-10-14(11-21-23(32)30-24(34-21)29-15-4-2-1-3-5-15)6-9-20(17)33-13-22(31)28-16-7-8-18(26)19(27)12-16/h1-12H,13H2,(H,28,31)(H,29,30,32)/b21-11+. The maximum atomic E-state index is 12.3. The molecule has 6 nitrogen and oxygen atoms in total. The van der Waals surface area contributed by atoms with Crippen LogP contribution in [0.15, 0.2) is 81.1 Å². The van der Waals surface area contributed by atoms with Crippen molar-refractivity contribution in [2.24, 2.45) is 4.99 Å². The van der Waals surface area contributed by atoms with Gasteiger partial charge < -0.3 is 15.4 Å². The molecule has 2 amide bonds. The van der Waals surface area contributed by atoms with Gasteiger partial charge in [0.1, 0.15) is 5.75 Å². The van der Waals surface area contributed by atoms with Crippen molar-refractivity contribution in [2.75, 3.05) is 11.9 Å². The zero-order valence-corrected chi connectivity index (χ0v) is 21.3. The highest BCUT2D eigenvalue weighted by atomic mass is 79.9. The number of carbonyl (C=O) groups excluding carboxylic acids is 2. The van der Waals surface area contributed by atoms with Crippen molar-refractivity contribution in [3.8, 4) is 5.75 Å². The number of para-hydroxylation sites is 1. The lowest BCUT2D eigenvalue weighted by Gasteiger charge is -2.10. The average molecular weight is 577 g/mol. The topological polar surface area (TPSA) is 79.8 Å². The van der Waals surface area contributed by atoms with Gasteiger partial charge in [0.25, 0.3) is 11.8 Å². The van der Waals surface area contributed by atoms with Crippen LogP contribution in [0, 0.1) is 0 Å². The molecule has 3 aromatic carbocycles. The molecule has 1 saturated heterocycles. The van der Waals surface area contributed by atoms with Crippen molar-refractivity contribution < 1.29 is 14.3 Å². The summed E-state index contributed by atoms with van der Waals surface area (Å²) < 4.78 is 6.26. The largest absolute Gasteiger partial charge is 0.483 e. The smallest absolute Gasteiger partial charge is 0.264 e. The van der Waals surface area contributed by atoms with E-state index in [4.69, 9.17) is 27.9 Å². The van der Waals surface area contributed by atoms with Crippen molar-refractivity contribution in [1.29, 1.82) is 0 Å². The molecular formula is C24H16BrCl2N3O3S. The van der Waals surface area contributed by atoms with Gasteiger partial charge in [-0.25, -0.2) is 4.99 Å². The molecule has 0 spiro atoms. The minimum absolute atomic E-state index is 0.198. The summed E-state index contributed by atoms with van der Waals surface area (Å²) >= 11 is 16.6. The van der Waals surface area contributed by atoms with E-state index in [2.05, 4.69) is 31.6 Å². The Labute approximate surface area is 218 Å². The van der Waals surface area contributed by atoms with Crippen molar-refractivity contribution >= 4 is 85.3 Å². The van der Waals surface area contributed by atoms with Crippen LogP contribution in [0.5, 0.6) is 5.75 Å². The van der Waals surface area contributed by atoms with Crippen LogP contribution in [0.1, 0.15) is 5.56 Å². The molecule has 0 aromatic heterocycles. The second-order valence-electron chi connectivity index (χ2n) is 6.97. The number of nitrogens with zero attached hydrogens (tertiary/aromatic N) is 1. The minimum atomic E-state index is -0.347. The number of hydrogen-bond donors (Lipinski definition) is 2.